The minimum atomic E-state index is -0.700. The van der Waals surface area contributed by atoms with Crippen LogP contribution in [-0.4, -0.2) is 50.0 Å². The number of hydrogen-bond acceptors (Lipinski definition) is 7. The lowest BCUT2D eigenvalue weighted by Gasteiger charge is -2.26. The maximum atomic E-state index is 14.2. The van der Waals surface area contributed by atoms with Gasteiger partial charge in [-0.05, 0) is 44.2 Å². The molecule has 1 aliphatic carbocycles. The van der Waals surface area contributed by atoms with E-state index >= 15 is 0 Å². The van der Waals surface area contributed by atoms with Gasteiger partial charge in [0.25, 0.3) is 0 Å². The van der Waals surface area contributed by atoms with E-state index in [1.807, 2.05) is 4.57 Å². The number of para-hydroxylation sites is 1. The molecule has 10 heteroatoms. The van der Waals surface area contributed by atoms with Crippen molar-refractivity contribution in [3.8, 4) is 0 Å². The lowest BCUT2D eigenvalue weighted by Crippen LogP contribution is -2.29. The highest BCUT2D eigenvalue weighted by Crippen LogP contribution is 2.32. The molecule has 0 radical (unpaired) electrons. The van der Waals surface area contributed by atoms with Gasteiger partial charge in [0, 0.05) is 12.6 Å². The van der Waals surface area contributed by atoms with Crippen molar-refractivity contribution in [2.24, 2.45) is 0 Å². The van der Waals surface area contributed by atoms with Crippen molar-refractivity contribution in [3.05, 3.63) is 36.0 Å². The molecule has 3 heterocycles. The monoisotopic (exact) mass is 430 g/mol. The van der Waals surface area contributed by atoms with Crippen LogP contribution in [0.5, 0.6) is 0 Å². The predicted octanol–water partition coefficient (Wildman–Crippen LogP) is 3.52. The number of halogens is 2. The molecule has 3 aromatic rings. The Labute approximate surface area is 177 Å². The summed E-state index contributed by atoms with van der Waals surface area (Å²) in [5.74, 6) is -0.636. The molecule has 1 aliphatic heterocycles. The molecule has 1 aromatic carbocycles. The zero-order chi connectivity index (χ0) is 21.4. The van der Waals surface area contributed by atoms with Gasteiger partial charge in [-0.25, -0.2) is 18.7 Å². The minimum Gasteiger partial charge on any atom is -0.393 e. The van der Waals surface area contributed by atoms with Crippen LogP contribution in [0.4, 0.5) is 26.4 Å². The maximum Gasteiger partial charge on any atom is 0.224 e. The third kappa shape index (κ3) is 4.05. The normalized spacial score (nSPS) is 23.9. The van der Waals surface area contributed by atoms with Crippen molar-refractivity contribution in [1.82, 2.24) is 19.5 Å². The van der Waals surface area contributed by atoms with Crippen LogP contribution in [0.2, 0.25) is 0 Å². The summed E-state index contributed by atoms with van der Waals surface area (Å²) < 4.78 is 35.8. The third-order valence-corrected chi connectivity index (χ3v) is 5.93. The summed E-state index contributed by atoms with van der Waals surface area (Å²) in [6, 6.07) is 3.84. The van der Waals surface area contributed by atoms with Crippen LogP contribution in [-0.2, 0) is 4.74 Å². The molecular formula is C21H24F2N6O2. The number of nitrogens with zero attached hydrogens (tertiary/aromatic N) is 4. The molecule has 0 spiro atoms. The Kier molecular flexibility index (Phi) is 5.41. The molecule has 1 atom stereocenters. The third-order valence-electron chi connectivity index (χ3n) is 5.93. The molecule has 1 saturated carbocycles. The van der Waals surface area contributed by atoms with E-state index in [0.29, 0.717) is 36.3 Å². The predicted molar refractivity (Wildman–Crippen MR) is 111 cm³/mol. The van der Waals surface area contributed by atoms with Crippen LogP contribution in [0, 0.1) is 11.6 Å². The number of rotatable bonds is 5. The van der Waals surface area contributed by atoms with Gasteiger partial charge in [0.2, 0.25) is 11.9 Å². The molecule has 31 heavy (non-hydrogen) atoms. The van der Waals surface area contributed by atoms with E-state index in [0.717, 1.165) is 32.1 Å². The largest absolute Gasteiger partial charge is 0.393 e. The molecule has 0 bridgehead atoms. The molecule has 164 valence electrons. The number of benzene rings is 1. The molecule has 2 fully saturated rings. The second kappa shape index (κ2) is 8.35. The minimum absolute atomic E-state index is 0.0603. The van der Waals surface area contributed by atoms with E-state index in [-0.39, 0.29) is 23.9 Å². The van der Waals surface area contributed by atoms with Crippen LogP contribution >= 0.6 is 0 Å². The Hall–Kier alpha value is -2.85. The smallest absolute Gasteiger partial charge is 0.224 e. The highest BCUT2D eigenvalue weighted by molar-refractivity contribution is 5.76. The lowest BCUT2D eigenvalue weighted by molar-refractivity contribution is 0.126. The quantitative estimate of drug-likeness (QED) is 0.570. The van der Waals surface area contributed by atoms with Gasteiger partial charge >= 0.3 is 0 Å². The second-order valence-electron chi connectivity index (χ2n) is 8.10. The Bertz CT molecular complexity index is 1060. The molecule has 1 unspecified atom stereocenters. The summed E-state index contributed by atoms with van der Waals surface area (Å²) >= 11 is 0. The van der Waals surface area contributed by atoms with E-state index < -0.39 is 11.6 Å². The summed E-state index contributed by atoms with van der Waals surface area (Å²) in [7, 11) is 0. The fourth-order valence-corrected chi connectivity index (χ4v) is 4.25. The molecular weight excluding hydrogens is 406 g/mol. The number of fused-ring (bicyclic) bond motifs is 1. The highest BCUT2D eigenvalue weighted by atomic mass is 19.1. The van der Waals surface area contributed by atoms with Gasteiger partial charge in [0.05, 0.1) is 24.9 Å². The Morgan fingerprint density at radius 2 is 1.84 bits per heavy atom. The van der Waals surface area contributed by atoms with Crippen LogP contribution in [0.25, 0.3) is 11.2 Å². The lowest BCUT2D eigenvalue weighted by atomic mass is 9.93. The van der Waals surface area contributed by atoms with Crippen molar-refractivity contribution >= 4 is 28.7 Å². The first kappa shape index (κ1) is 20.1. The standard InChI is InChI=1S/C21H24F2N6O2/c22-15-2-1-3-16(23)18(15)27-21-26-17-10-24-20(25-12-4-6-14(30)7-5-12)28-19(17)29(21)13-8-9-31-11-13/h1-3,10,12-14,30H,4-9,11H2,(H,26,27)(H,24,25,28)/t12-,13?,14-. The van der Waals surface area contributed by atoms with Gasteiger partial charge in [0.1, 0.15) is 22.8 Å². The first-order valence-corrected chi connectivity index (χ1v) is 10.6. The molecule has 0 amide bonds. The molecule has 5 rings (SSSR count). The van der Waals surface area contributed by atoms with Gasteiger partial charge in [-0.3, -0.25) is 4.57 Å². The maximum absolute atomic E-state index is 14.2. The molecule has 2 aromatic heterocycles. The Morgan fingerprint density at radius 3 is 2.55 bits per heavy atom. The zero-order valence-electron chi connectivity index (χ0n) is 16.9. The Balaban J connectivity index is 1.50. The Morgan fingerprint density at radius 1 is 1.06 bits per heavy atom. The van der Waals surface area contributed by atoms with Crippen molar-refractivity contribution in [2.75, 3.05) is 23.8 Å². The molecule has 3 N–H and O–H groups in total. The fourth-order valence-electron chi connectivity index (χ4n) is 4.25. The first-order chi connectivity index (χ1) is 15.1. The summed E-state index contributed by atoms with van der Waals surface area (Å²) in [5.41, 5.74) is 0.837. The van der Waals surface area contributed by atoms with E-state index in [1.54, 1.807) is 6.20 Å². The van der Waals surface area contributed by atoms with Crippen molar-refractivity contribution in [2.45, 2.75) is 50.3 Å². The van der Waals surface area contributed by atoms with Crippen molar-refractivity contribution in [3.63, 3.8) is 0 Å². The summed E-state index contributed by atoms with van der Waals surface area (Å²) in [4.78, 5) is 13.6. The van der Waals surface area contributed by atoms with Crippen molar-refractivity contribution < 1.29 is 18.6 Å². The van der Waals surface area contributed by atoms with Crippen LogP contribution in [0.1, 0.15) is 38.1 Å². The SMILES string of the molecule is O[C@H]1CC[C@H](Nc2ncc3nc(Nc4c(F)cccc4F)n(C4CCOC4)c3n2)CC1. The van der Waals surface area contributed by atoms with Crippen LogP contribution in [0.3, 0.4) is 0 Å². The summed E-state index contributed by atoms with van der Waals surface area (Å²) in [5, 5.41) is 15.9. The first-order valence-electron chi connectivity index (χ1n) is 10.6. The second-order valence-corrected chi connectivity index (χ2v) is 8.10. The summed E-state index contributed by atoms with van der Waals surface area (Å²) in [6.07, 6.45) is 5.30. The van der Waals surface area contributed by atoms with E-state index in [4.69, 9.17) is 4.74 Å². The number of aliphatic hydroxyl groups excluding tert-OH is 1. The van der Waals surface area contributed by atoms with E-state index in [9.17, 15) is 13.9 Å². The average Bonchev–Trinajstić information content (AvgIpc) is 3.39. The van der Waals surface area contributed by atoms with E-state index in [2.05, 4.69) is 25.6 Å². The zero-order valence-corrected chi connectivity index (χ0v) is 16.9. The number of imidazole rings is 1. The number of aromatic nitrogens is 4. The average molecular weight is 430 g/mol. The number of anilines is 3. The van der Waals surface area contributed by atoms with Gasteiger partial charge in [-0.15, -0.1) is 0 Å². The molecule has 2 aliphatic rings. The number of hydrogen-bond donors (Lipinski definition) is 3. The van der Waals surface area contributed by atoms with Gasteiger partial charge in [-0.2, -0.15) is 4.98 Å². The fraction of sp³-hybridized carbons (Fsp3) is 0.476. The molecule has 1 saturated heterocycles. The van der Waals surface area contributed by atoms with Gasteiger partial charge in [0.15, 0.2) is 5.65 Å². The van der Waals surface area contributed by atoms with E-state index in [1.165, 1.54) is 18.2 Å². The number of ether oxygens (including phenoxy) is 1. The molecule has 8 nitrogen and oxygen atoms in total. The van der Waals surface area contributed by atoms with Crippen LogP contribution < -0.4 is 10.6 Å². The van der Waals surface area contributed by atoms with Crippen molar-refractivity contribution in [1.29, 1.82) is 0 Å². The topological polar surface area (TPSA) is 97.1 Å². The van der Waals surface area contributed by atoms with Gasteiger partial charge < -0.3 is 20.5 Å². The highest BCUT2D eigenvalue weighted by Gasteiger charge is 2.26. The number of aliphatic hydroxyl groups is 1. The van der Waals surface area contributed by atoms with Crippen LogP contribution in [0.15, 0.2) is 24.4 Å². The summed E-state index contributed by atoms with van der Waals surface area (Å²) in [6.45, 7) is 1.06. The number of nitrogens with one attached hydrogen (secondary N) is 2. The van der Waals surface area contributed by atoms with Gasteiger partial charge in [-0.1, -0.05) is 6.07 Å².